The predicted octanol–water partition coefficient (Wildman–Crippen LogP) is 4.75. The lowest BCUT2D eigenvalue weighted by molar-refractivity contribution is -0.539. The molecule has 0 bridgehead atoms. The molecule has 0 saturated heterocycles. The third kappa shape index (κ3) is 10.5. The van der Waals surface area contributed by atoms with Crippen LogP contribution in [-0.4, -0.2) is 58.3 Å². The molecular formula is C27H52N5O+. The van der Waals surface area contributed by atoms with Crippen LogP contribution < -0.4 is 11.5 Å². The third-order valence-corrected chi connectivity index (χ3v) is 7.08. The largest absolute Gasteiger partial charge is 0.370 e. The van der Waals surface area contributed by atoms with Crippen molar-refractivity contribution in [2.24, 2.45) is 22.4 Å². The van der Waals surface area contributed by atoms with E-state index in [1.54, 1.807) is 0 Å². The van der Waals surface area contributed by atoms with Crippen LogP contribution in [0.4, 0.5) is 0 Å². The molecular weight excluding hydrogens is 410 g/mol. The molecule has 0 aromatic heterocycles. The van der Waals surface area contributed by atoms with E-state index in [4.69, 9.17) is 11.5 Å². The topological polar surface area (TPSA) is 90.9 Å². The van der Waals surface area contributed by atoms with Crippen molar-refractivity contribution in [2.45, 2.75) is 116 Å². The van der Waals surface area contributed by atoms with E-state index in [-0.39, 0.29) is 5.96 Å². The number of guanidine groups is 1. The van der Waals surface area contributed by atoms with Gasteiger partial charge in [-0.15, -0.1) is 0 Å². The van der Waals surface area contributed by atoms with E-state index in [9.17, 15) is 5.11 Å². The summed E-state index contributed by atoms with van der Waals surface area (Å²) in [4.78, 5) is 6.29. The Hall–Kier alpha value is -1.56. The Morgan fingerprint density at radius 2 is 1.64 bits per heavy atom. The first-order valence-corrected chi connectivity index (χ1v) is 13.8. The van der Waals surface area contributed by atoms with Crippen molar-refractivity contribution in [3.05, 3.63) is 12.2 Å². The summed E-state index contributed by atoms with van der Waals surface area (Å²) in [6, 6.07) is 0. The molecule has 2 heterocycles. The second kappa shape index (κ2) is 15.4. The van der Waals surface area contributed by atoms with Gasteiger partial charge in [-0.05, 0) is 31.3 Å². The Morgan fingerprint density at radius 1 is 1.00 bits per heavy atom. The summed E-state index contributed by atoms with van der Waals surface area (Å²) in [6.07, 6.45) is 22.9. The van der Waals surface area contributed by atoms with Gasteiger partial charge >= 0.3 is 0 Å². The lowest BCUT2D eigenvalue weighted by Gasteiger charge is -2.32. The molecule has 6 nitrogen and oxygen atoms in total. The average Bonchev–Trinajstić information content (AvgIpc) is 3.11. The molecule has 5 N–H and O–H groups in total. The average molecular weight is 463 g/mol. The highest BCUT2D eigenvalue weighted by Gasteiger charge is 2.46. The normalized spacial score (nSPS) is 20.1. The zero-order valence-corrected chi connectivity index (χ0v) is 21.6. The summed E-state index contributed by atoms with van der Waals surface area (Å²) in [7, 11) is 0. The Labute approximate surface area is 203 Å². The van der Waals surface area contributed by atoms with Crippen molar-refractivity contribution in [1.29, 1.82) is 0 Å². The molecule has 0 aliphatic carbocycles. The maximum Gasteiger partial charge on any atom is 0.274 e. The first kappa shape index (κ1) is 27.7. The Balaban J connectivity index is 1.58. The summed E-state index contributed by atoms with van der Waals surface area (Å²) in [5.41, 5.74) is 10.0. The number of nitrogens with zero attached hydrogens (tertiary/aromatic N) is 3. The predicted molar refractivity (Wildman–Crippen MR) is 141 cm³/mol. The number of fused-ring (bicyclic) bond motifs is 1. The maximum atomic E-state index is 11.3. The van der Waals surface area contributed by atoms with E-state index in [1.165, 1.54) is 70.0 Å². The van der Waals surface area contributed by atoms with Crippen LogP contribution in [-0.2, 0) is 0 Å². The van der Waals surface area contributed by atoms with Crippen LogP contribution in [0, 0.1) is 5.92 Å². The van der Waals surface area contributed by atoms with E-state index in [0.717, 1.165) is 57.7 Å². The number of rotatable bonds is 18. The summed E-state index contributed by atoms with van der Waals surface area (Å²) in [6.45, 7) is 8.33. The summed E-state index contributed by atoms with van der Waals surface area (Å²) < 4.78 is 2.41. The zero-order valence-electron chi connectivity index (χ0n) is 21.6. The Morgan fingerprint density at radius 3 is 2.27 bits per heavy atom. The molecule has 0 amide bonds. The number of hydrogen-bond acceptors (Lipinski definition) is 3. The number of amidine groups is 1. The van der Waals surface area contributed by atoms with Crippen LogP contribution in [0.25, 0.3) is 0 Å². The molecule has 6 heteroatoms. The molecule has 2 aliphatic heterocycles. The molecule has 0 saturated carbocycles. The smallest absolute Gasteiger partial charge is 0.274 e. The molecule has 1 atom stereocenters. The molecule has 0 radical (unpaired) electrons. The van der Waals surface area contributed by atoms with E-state index in [0.29, 0.717) is 6.54 Å². The molecule has 0 aromatic rings. The highest BCUT2D eigenvalue weighted by Crippen LogP contribution is 2.30. The van der Waals surface area contributed by atoms with Crippen molar-refractivity contribution >= 4 is 11.8 Å². The summed E-state index contributed by atoms with van der Waals surface area (Å²) in [5.74, 6) is 2.22. The number of aliphatic imine (C=N–C) groups is 1. The monoisotopic (exact) mass is 462 g/mol. The van der Waals surface area contributed by atoms with Crippen molar-refractivity contribution in [1.82, 2.24) is 4.90 Å². The van der Waals surface area contributed by atoms with E-state index >= 15 is 0 Å². The van der Waals surface area contributed by atoms with E-state index in [1.807, 2.05) is 6.08 Å². The Bertz CT molecular complexity index is 638. The SMILES string of the molecule is CC(C)CCCCCCCCCCCCC1(O)C=CC2=[N+](CCCCN=C(N)N)CCCN21. The number of unbranched alkanes of at least 4 members (excludes halogenated alkanes) is 10. The van der Waals surface area contributed by atoms with Gasteiger partial charge in [-0.3, -0.25) is 9.57 Å². The number of hydrogen-bond donors (Lipinski definition) is 3. The maximum absolute atomic E-state index is 11.3. The number of nitrogens with two attached hydrogens (primary N) is 2. The minimum atomic E-state index is -0.789. The van der Waals surface area contributed by atoms with Gasteiger partial charge in [0.1, 0.15) is 0 Å². The van der Waals surface area contributed by atoms with Crippen LogP contribution in [0.3, 0.4) is 0 Å². The van der Waals surface area contributed by atoms with Gasteiger partial charge < -0.3 is 16.6 Å². The van der Waals surface area contributed by atoms with Crippen LogP contribution in [0.1, 0.15) is 110 Å². The Kier molecular flexibility index (Phi) is 12.9. The van der Waals surface area contributed by atoms with Crippen molar-refractivity contribution in [2.75, 3.05) is 26.2 Å². The van der Waals surface area contributed by atoms with E-state index in [2.05, 4.69) is 34.4 Å². The molecule has 1 unspecified atom stereocenters. The van der Waals surface area contributed by atoms with Crippen molar-refractivity contribution in [3.63, 3.8) is 0 Å². The van der Waals surface area contributed by atoms with Gasteiger partial charge in [0, 0.05) is 25.5 Å². The summed E-state index contributed by atoms with van der Waals surface area (Å²) >= 11 is 0. The molecule has 0 spiro atoms. The lowest BCUT2D eigenvalue weighted by atomic mass is 10.0. The molecule has 190 valence electrons. The fraction of sp³-hybridized carbons (Fsp3) is 0.852. The number of aliphatic hydroxyl groups is 1. The first-order chi connectivity index (χ1) is 15.9. The highest BCUT2D eigenvalue weighted by molar-refractivity contribution is 5.92. The van der Waals surface area contributed by atoms with E-state index < -0.39 is 5.72 Å². The second-order valence-corrected chi connectivity index (χ2v) is 10.5. The van der Waals surface area contributed by atoms with Crippen LogP contribution in [0.2, 0.25) is 0 Å². The first-order valence-electron chi connectivity index (χ1n) is 13.8. The fourth-order valence-corrected chi connectivity index (χ4v) is 5.12. The van der Waals surface area contributed by atoms with Crippen LogP contribution in [0.15, 0.2) is 17.1 Å². The minimum Gasteiger partial charge on any atom is -0.370 e. The molecule has 0 fully saturated rings. The fourth-order valence-electron chi connectivity index (χ4n) is 5.12. The van der Waals surface area contributed by atoms with Crippen LogP contribution in [0.5, 0.6) is 0 Å². The third-order valence-electron chi connectivity index (χ3n) is 7.08. The summed E-state index contributed by atoms with van der Waals surface area (Å²) in [5, 5.41) is 11.3. The highest BCUT2D eigenvalue weighted by atomic mass is 16.3. The molecule has 33 heavy (non-hydrogen) atoms. The molecule has 2 aliphatic rings. The van der Waals surface area contributed by atoms with Gasteiger partial charge in [-0.1, -0.05) is 78.1 Å². The van der Waals surface area contributed by atoms with Gasteiger partial charge in [-0.2, -0.15) is 0 Å². The molecule has 2 rings (SSSR count). The van der Waals surface area contributed by atoms with Gasteiger partial charge in [0.05, 0.1) is 19.6 Å². The van der Waals surface area contributed by atoms with Crippen molar-refractivity contribution < 1.29 is 9.68 Å². The van der Waals surface area contributed by atoms with Gasteiger partial charge in [0.2, 0.25) is 5.72 Å². The van der Waals surface area contributed by atoms with Gasteiger partial charge in [0.15, 0.2) is 5.96 Å². The lowest BCUT2D eigenvalue weighted by Crippen LogP contribution is -2.52. The molecule has 0 aromatic carbocycles. The standard InChI is InChI=1S/C27H52N5O/c1-24(2)16-11-9-7-5-3-4-6-8-10-12-18-27(33)19-17-25-31(22-15-23-32(25)27)21-14-13-20-30-26(28)29/h17,19,24,33H,3-16,18,20-23H2,1-2H3,(H4,28,29,30)/q+1. The van der Waals surface area contributed by atoms with Gasteiger partial charge in [-0.25, -0.2) is 4.90 Å². The quantitative estimate of drug-likeness (QED) is 0.119. The zero-order chi connectivity index (χ0) is 23.9. The van der Waals surface area contributed by atoms with Crippen LogP contribution >= 0.6 is 0 Å². The van der Waals surface area contributed by atoms with Gasteiger partial charge in [0.25, 0.3) is 5.84 Å². The van der Waals surface area contributed by atoms with Crippen molar-refractivity contribution in [3.8, 4) is 0 Å². The second-order valence-electron chi connectivity index (χ2n) is 10.5. The minimum absolute atomic E-state index is 0.171.